The summed E-state index contributed by atoms with van der Waals surface area (Å²) in [5.74, 6) is 0.937. The van der Waals surface area contributed by atoms with Crippen molar-refractivity contribution >= 4 is 17.7 Å². The van der Waals surface area contributed by atoms with E-state index in [0.717, 1.165) is 22.0 Å². The summed E-state index contributed by atoms with van der Waals surface area (Å²) in [7, 11) is 0. The van der Waals surface area contributed by atoms with Crippen molar-refractivity contribution in [1.82, 2.24) is 0 Å². The molecule has 1 N–H and O–H groups in total. The van der Waals surface area contributed by atoms with Crippen molar-refractivity contribution in [3.8, 4) is 5.75 Å². The second kappa shape index (κ2) is 7.74. The molecule has 2 aromatic carbocycles. The van der Waals surface area contributed by atoms with Crippen LogP contribution in [-0.4, -0.2) is 23.4 Å². The van der Waals surface area contributed by atoms with E-state index < -0.39 is 5.97 Å². The zero-order valence-electron chi connectivity index (χ0n) is 11.9. The number of rotatable bonds is 7. The summed E-state index contributed by atoms with van der Waals surface area (Å²) in [5, 5.41) is 8.71. The number of aryl methyl sites for hydroxylation is 1. The van der Waals surface area contributed by atoms with Gasteiger partial charge in [0, 0.05) is 10.6 Å². The molecule has 0 saturated heterocycles. The number of hydrogen-bond donors (Lipinski definition) is 1. The smallest absolute Gasteiger partial charge is 0.307 e. The lowest BCUT2D eigenvalue weighted by Crippen LogP contribution is -2.00. The van der Waals surface area contributed by atoms with Crippen LogP contribution in [0.25, 0.3) is 0 Å². The average Bonchev–Trinajstić information content (AvgIpc) is 2.46. The van der Waals surface area contributed by atoms with E-state index >= 15 is 0 Å². The third kappa shape index (κ3) is 5.52. The first-order chi connectivity index (χ1) is 10.1. The van der Waals surface area contributed by atoms with Crippen LogP contribution in [0.15, 0.2) is 53.4 Å². The van der Waals surface area contributed by atoms with E-state index in [1.165, 1.54) is 5.56 Å². The zero-order chi connectivity index (χ0) is 15.1. The molecule has 21 heavy (non-hydrogen) atoms. The van der Waals surface area contributed by atoms with Crippen molar-refractivity contribution in [2.24, 2.45) is 0 Å². The molecule has 0 fully saturated rings. The largest absolute Gasteiger partial charge is 0.493 e. The van der Waals surface area contributed by atoms with Crippen molar-refractivity contribution in [2.45, 2.75) is 18.2 Å². The van der Waals surface area contributed by atoms with E-state index in [9.17, 15) is 4.79 Å². The van der Waals surface area contributed by atoms with Gasteiger partial charge in [-0.3, -0.25) is 4.79 Å². The van der Waals surface area contributed by atoms with Gasteiger partial charge in [-0.2, -0.15) is 0 Å². The van der Waals surface area contributed by atoms with E-state index in [1.54, 1.807) is 11.8 Å². The van der Waals surface area contributed by atoms with Gasteiger partial charge in [0.25, 0.3) is 0 Å². The van der Waals surface area contributed by atoms with Crippen LogP contribution >= 0.6 is 11.8 Å². The summed E-state index contributed by atoms with van der Waals surface area (Å²) < 4.78 is 5.66. The fourth-order valence-electron chi connectivity index (χ4n) is 1.83. The van der Waals surface area contributed by atoms with Crippen molar-refractivity contribution < 1.29 is 14.6 Å². The molecular weight excluding hydrogens is 284 g/mol. The Bertz CT molecular complexity index is 576. The van der Waals surface area contributed by atoms with Gasteiger partial charge < -0.3 is 9.84 Å². The van der Waals surface area contributed by atoms with Crippen LogP contribution < -0.4 is 4.74 Å². The zero-order valence-corrected chi connectivity index (χ0v) is 12.7. The second-order valence-corrected chi connectivity index (χ2v) is 5.89. The number of benzene rings is 2. The number of carboxylic acid groups (broad SMARTS) is 1. The first-order valence-electron chi connectivity index (χ1n) is 6.76. The second-order valence-electron chi connectivity index (χ2n) is 4.72. The lowest BCUT2D eigenvalue weighted by molar-refractivity contribution is -0.136. The number of ether oxygens (including phenoxy) is 1. The monoisotopic (exact) mass is 302 g/mol. The first-order valence-corrected chi connectivity index (χ1v) is 7.75. The molecule has 0 saturated carbocycles. The molecule has 2 aromatic rings. The van der Waals surface area contributed by atoms with Crippen LogP contribution in [0, 0.1) is 6.92 Å². The summed E-state index contributed by atoms with van der Waals surface area (Å²) in [6, 6.07) is 15.6. The predicted octanol–water partition coefficient (Wildman–Crippen LogP) is 3.79. The SMILES string of the molecule is Cc1ccc(OCCSc2ccc(CC(=O)O)cc2)cc1. The Morgan fingerprint density at radius 2 is 1.76 bits per heavy atom. The Balaban J connectivity index is 1.73. The molecular formula is C17H18O3S. The number of hydrogen-bond acceptors (Lipinski definition) is 3. The molecule has 4 heteroatoms. The van der Waals surface area contributed by atoms with Crippen LogP contribution in [0.5, 0.6) is 5.75 Å². The van der Waals surface area contributed by atoms with Crippen LogP contribution in [0.2, 0.25) is 0 Å². The average molecular weight is 302 g/mol. The molecule has 0 unspecified atom stereocenters. The first kappa shape index (κ1) is 15.4. The molecule has 0 aliphatic heterocycles. The van der Waals surface area contributed by atoms with E-state index in [2.05, 4.69) is 0 Å². The summed E-state index contributed by atoms with van der Waals surface area (Å²) in [6.45, 7) is 2.69. The van der Waals surface area contributed by atoms with Crippen molar-refractivity contribution in [3.05, 3.63) is 59.7 Å². The van der Waals surface area contributed by atoms with Gasteiger partial charge in [-0.05, 0) is 36.8 Å². The standard InChI is InChI=1S/C17H18O3S/c1-13-2-6-15(7-3-13)20-10-11-21-16-8-4-14(5-9-16)12-17(18)19/h2-9H,10-12H2,1H3,(H,18,19). The van der Waals surface area contributed by atoms with Crippen LogP contribution in [-0.2, 0) is 11.2 Å². The van der Waals surface area contributed by atoms with E-state index in [1.807, 2.05) is 55.5 Å². The molecule has 0 spiro atoms. The van der Waals surface area contributed by atoms with Crippen molar-refractivity contribution in [2.75, 3.05) is 12.4 Å². The molecule has 3 nitrogen and oxygen atoms in total. The minimum Gasteiger partial charge on any atom is -0.493 e. The number of aliphatic carboxylic acids is 1. The Kier molecular flexibility index (Phi) is 5.69. The summed E-state index contributed by atoms with van der Waals surface area (Å²) in [4.78, 5) is 11.7. The van der Waals surface area contributed by atoms with Crippen LogP contribution in [0.1, 0.15) is 11.1 Å². The lowest BCUT2D eigenvalue weighted by Gasteiger charge is -2.06. The van der Waals surface area contributed by atoms with Crippen molar-refractivity contribution in [1.29, 1.82) is 0 Å². The lowest BCUT2D eigenvalue weighted by atomic mass is 10.2. The third-order valence-electron chi connectivity index (χ3n) is 2.92. The topological polar surface area (TPSA) is 46.5 Å². The van der Waals surface area contributed by atoms with Gasteiger partial charge >= 0.3 is 5.97 Å². The summed E-state index contributed by atoms with van der Waals surface area (Å²) in [5.41, 5.74) is 2.04. The predicted molar refractivity (Wildman–Crippen MR) is 85.2 cm³/mol. The summed E-state index contributed by atoms with van der Waals surface area (Å²) in [6.07, 6.45) is 0.0709. The number of carboxylic acids is 1. The van der Waals surface area contributed by atoms with E-state index in [0.29, 0.717) is 6.61 Å². The highest BCUT2D eigenvalue weighted by molar-refractivity contribution is 7.99. The molecule has 0 atom stereocenters. The van der Waals surface area contributed by atoms with Gasteiger partial charge in [0.05, 0.1) is 13.0 Å². The van der Waals surface area contributed by atoms with E-state index in [-0.39, 0.29) is 6.42 Å². The van der Waals surface area contributed by atoms with Gasteiger partial charge in [-0.1, -0.05) is 29.8 Å². The molecule has 0 aliphatic carbocycles. The molecule has 0 aromatic heterocycles. The van der Waals surface area contributed by atoms with Gasteiger partial charge in [-0.15, -0.1) is 11.8 Å². The highest BCUT2D eigenvalue weighted by Gasteiger charge is 2.01. The third-order valence-corrected chi connectivity index (χ3v) is 3.90. The molecule has 2 rings (SSSR count). The molecule has 0 bridgehead atoms. The highest BCUT2D eigenvalue weighted by Crippen LogP contribution is 2.19. The maximum atomic E-state index is 10.6. The maximum Gasteiger partial charge on any atom is 0.307 e. The maximum absolute atomic E-state index is 10.6. The summed E-state index contributed by atoms with van der Waals surface area (Å²) >= 11 is 1.70. The molecule has 0 aliphatic rings. The number of carbonyl (C=O) groups is 1. The highest BCUT2D eigenvalue weighted by atomic mass is 32.2. The Morgan fingerprint density at radius 3 is 2.38 bits per heavy atom. The van der Waals surface area contributed by atoms with Gasteiger partial charge in [0.15, 0.2) is 0 Å². The van der Waals surface area contributed by atoms with Gasteiger partial charge in [-0.25, -0.2) is 0 Å². The minimum absolute atomic E-state index is 0.0709. The Hall–Kier alpha value is -1.94. The quantitative estimate of drug-likeness (QED) is 0.624. The fourth-order valence-corrected chi connectivity index (χ4v) is 2.56. The Morgan fingerprint density at radius 1 is 1.10 bits per heavy atom. The van der Waals surface area contributed by atoms with Gasteiger partial charge in [0.1, 0.15) is 5.75 Å². The van der Waals surface area contributed by atoms with Crippen LogP contribution in [0.4, 0.5) is 0 Å². The van der Waals surface area contributed by atoms with Crippen molar-refractivity contribution in [3.63, 3.8) is 0 Å². The van der Waals surface area contributed by atoms with Gasteiger partial charge in [0.2, 0.25) is 0 Å². The van der Waals surface area contributed by atoms with Crippen LogP contribution in [0.3, 0.4) is 0 Å². The normalized spacial score (nSPS) is 10.3. The molecule has 0 heterocycles. The minimum atomic E-state index is -0.804. The number of thioether (sulfide) groups is 1. The Labute approximate surface area is 129 Å². The van der Waals surface area contributed by atoms with E-state index in [4.69, 9.17) is 9.84 Å². The fraction of sp³-hybridized carbons (Fsp3) is 0.235. The molecule has 0 radical (unpaired) electrons. The molecule has 0 amide bonds. The molecule has 110 valence electrons.